The van der Waals surface area contributed by atoms with Gasteiger partial charge in [0, 0.05) is 19.5 Å². The molecule has 3 nitrogen and oxygen atoms in total. The quantitative estimate of drug-likeness (QED) is 0.687. The fourth-order valence-corrected chi connectivity index (χ4v) is 2.82. The highest BCUT2D eigenvalue weighted by molar-refractivity contribution is 5.80. The fourth-order valence-electron chi connectivity index (χ4n) is 2.82. The summed E-state index contributed by atoms with van der Waals surface area (Å²) in [5.41, 5.74) is 0. The lowest BCUT2D eigenvalue weighted by molar-refractivity contribution is 0.146. The summed E-state index contributed by atoms with van der Waals surface area (Å²) in [7, 11) is 0. The minimum Gasteiger partial charge on any atom is -0.381 e. The first-order chi connectivity index (χ1) is 6.36. The van der Waals surface area contributed by atoms with Gasteiger partial charge in [-0.25, -0.2) is 0 Å². The van der Waals surface area contributed by atoms with Crippen molar-refractivity contribution in [2.45, 2.75) is 12.8 Å². The summed E-state index contributed by atoms with van der Waals surface area (Å²) >= 11 is 0. The molecule has 2 atom stereocenters. The van der Waals surface area contributed by atoms with Crippen molar-refractivity contribution in [2.24, 2.45) is 17.8 Å². The Morgan fingerprint density at radius 3 is 2.77 bits per heavy atom. The third kappa shape index (κ3) is 1.17. The van der Waals surface area contributed by atoms with Crippen LogP contribution in [0, 0.1) is 23.2 Å². The van der Waals surface area contributed by atoms with E-state index in [2.05, 4.69) is 4.90 Å². The summed E-state index contributed by atoms with van der Waals surface area (Å²) in [5.74, 6) is 3.40. The average molecular weight is 180 g/mol. The molecule has 2 heterocycles. The highest BCUT2D eigenvalue weighted by Crippen LogP contribution is 2.51. The minimum atomic E-state index is 0.841. The van der Waals surface area contributed by atoms with Crippen LogP contribution < -0.4 is 0 Å². The highest BCUT2D eigenvalue weighted by atomic mass is 16.5. The molecule has 3 aliphatic rings. The molecule has 2 unspecified atom stereocenters. The Bertz CT molecular complexity index is 231. The molecule has 3 fully saturated rings. The van der Waals surface area contributed by atoms with Crippen molar-refractivity contribution in [3.8, 4) is 0 Å². The molecule has 0 aromatic heterocycles. The summed E-state index contributed by atoms with van der Waals surface area (Å²) in [6.07, 6.45) is 2.19. The molecule has 13 heavy (non-hydrogen) atoms. The van der Waals surface area contributed by atoms with E-state index < -0.39 is 0 Å². The zero-order valence-corrected chi connectivity index (χ0v) is 7.83. The Morgan fingerprint density at radius 2 is 2.15 bits per heavy atom. The fraction of sp³-hybridized carbons (Fsp3) is 0.900. The van der Waals surface area contributed by atoms with E-state index in [4.69, 9.17) is 10.1 Å². The van der Waals surface area contributed by atoms with Gasteiger partial charge in [0.2, 0.25) is 0 Å². The van der Waals surface area contributed by atoms with Crippen LogP contribution in [0.25, 0.3) is 0 Å². The van der Waals surface area contributed by atoms with Crippen LogP contribution in [0.15, 0.2) is 0 Å². The third-order valence-corrected chi connectivity index (χ3v) is 3.78. The Morgan fingerprint density at radius 1 is 1.38 bits per heavy atom. The zero-order chi connectivity index (χ0) is 8.84. The summed E-state index contributed by atoms with van der Waals surface area (Å²) in [6, 6.07) is 0. The normalized spacial score (nSPS) is 42.6. The van der Waals surface area contributed by atoms with Gasteiger partial charge in [-0.05, 0) is 24.2 Å². The lowest BCUT2D eigenvalue weighted by Gasteiger charge is -2.18. The molecule has 3 heteroatoms. The van der Waals surface area contributed by atoms with E-state index in [-0.39, 0.29) is 0 Å². The Balaban J connectivity index is 1.56. The van der Waals surface area contributed by atoms with Crippen molar-refractivity contribution >= 4 is 5.84 Å². The third-order valence-electron chi connectivity index (χ3n) is 3.78. The van der Waals surface area contributed by atoms with Gasteiger partial charge >= 0.3 is 0 Å². The monoisotopic (exact) mass is 180 g/mol. The van der Waals surface area contributed by atoms with Gasteiger partial charge in [-0.3, -0.25) is 5.41 Å². The number of rotatable bonds is 2. The molecule has 1 aliphatic carbocycles. The first-order valence-corrected chi connectivity index (χ1v) is 5.26. The second-order valence-electron chi connectivity index (χ2n) is 4.53. The van der Waals surface area contributed by atoms with E-state index >= 15 is 0 Å². The number of hydrogen-bond acceptors (Lipinski definition) is 2. The second-order valence-corrected chi connectivity index (χ2v) is 4.53. The van der Waals surface area contributed by atoms with Gasteiger partial charge in [-0.1, -0.05) is 0 Å². The maximum absolute atomic E-state index is 7.73. The molecule has 2 saturated heterocycles. The SMILES string of the molecule is N=C1CCCN1CC1C2COCC21. The molecule has 0 amide bonds. The predicted octanol–water partition coefficient (Wildman–Crippen LogP) is 0.952. The van der Waals surface area contributed by atoms with E-state index in [0.29, 0.717) is 0 Å². The van der Waals surface area contributed by atoms with Crippen LogP contribution in [-0.2, 0) is 4.74 Å². The lowest BCUT2D eigenvalue weighted by atomic mass is 10.3. The van der Waals surface area contributed by atoms with Crippen LogP contribution in [0.1, 0.15) is 12.8 Å². The van der Waals surface area contributed by atoms with Crippen LogP contribution in [0.5, 0.6) is 0 Å². The maximum Gasteiger partial charge on any atom is 0.0958 e. The first kappa shape index (κ1) is 7.80. The van der Waals surface area contributed by atoms with Crippen LogP contribution in [-0.4, -0.2) is 37.0 Å². The smallest absolute Gasteiger partial charge is 0.0958 e. The molecule has 0 radical (unpaired) electrons. The second kappa shape index (κ2) is 2.71. The highest BCUT2D eigenvalue weighted by Gasteiger charge is 2.54. The Labute approximate surface area is 78.6 Å². The van der Waals surface area contributed by atoms with Crippen molar-refractivity contribution in [3.63, 3.8) is 0 Å². The Kier molecular flexibility index (Phi) is 1.62. The molecular formula is C10H16N2O. The average Bonchev–Trinajstić information content (AvgIpc) is 2.57. The van der Waals surface area contributed by atoms with Crippen LogP contribution in [0.2, 0.25) is 0 Å². The van der Waals surface area contributed by atoms with Crippen LogP contribution >= 0.6 is 0 Å². The van der Waals surface area contributed by atoms with Crippen molar-refractivity contribution in [3.05, 3.63) is 0 Å². The molecule has 2 aliphatic heterocycles. The number of amidine groups is 1. The number of ether oxygens (including phenoxy) is 1. The zero-order valence-electron chi connectivity index (χ0n) is 7.83. The molecule has 0 bridgehead atoms. The number of likely N-dealkylation sites (tertiary alicyclic amines) is 1. The Hall–Kier alpha value is -0.570. The van der Waals surface area contributed by atoms with Gasteiger partial charge in [0.05, 0.1) is 19.0 Å². The van der Waals surface area contributed by atoms with Gasteiger partial charge < -0.3 is 9.64 Å². The molecule has 72 valence electrons. The van der Waals surface area contributed by atoms with Crippen LogP contribution in [0.4, 0.5) is 0 Å². The van der Waals surface area contributed by atoms with E-state index in [0.717, 1.165) is 56.3 Å². The minimum absolute atomic E-state index is 0.841. The van der Waals surface area contributed by atoms with Gasteiger partial charge in [-0.2, -0.15) is 0 Å². The van der Waals surface area contributed by atoms with Gasteiger partial charge in [0.1, 0.15) is 0 Å². The number of hydrogen-bond donors (Lipinski definition) is 1. The van der Waals surface area contributed by atoms with E-state index in [9.17, 15) is 0 Å². The van der Waals surface area contributed by atoms with Crippen molar-refractivity contribution < 1.29 is 4.74 Å². The maximum atomic E-state index is 7.73. The van der Waals surface area contributed by atoms with E-state index in [1.54, 1.807) is 0 Å². The molecule has 1 saturated carbocycles. The number of fused-ring (bicyclic) bond motifs is 1. The molecular weight excluding hydrogens is 164 g/mol. The molecule has 0 aromatic carbocycles. The first-order valence-electron chi connectivity index (χ1n) is 5.26. The molecule has 0 aromatic rings. The van der Waals surface area contributed by atoms with E-state index in [1.807, 2.05) is 0 Å². The number of nitrogens with zero attached hydrogens (tertiary/aromatic N) is 1. The largest absolute Gasteiger partial charge is 0.381 e. The van der Waals surface area contributed by atoms with Crippen molar-refractivity contribution in [1.82, 2.24) is 4.90 Å². The standard InChI is InChI=1S/C10H16N2O/c11-10-2-1-3-12(10)4-7-8-5-13-6-9(7)8/h7-9,11H,1-6H2. The molecule has 3 rings (SSSR count). The van der Waals surface area contributed by atoms with Gasteiger partial charge in [0.25, 0.3) is 0 Å². The number of nitrogens with one attached hydrogen (secondary N) is 1. The molecule has 0 spiro atoms. The van der Waals surface area contributed by atoms with E-state index in [1.165, 1.54) is 6.42 Å². The topological polar surface area (TPSA) is 36.3 Å². The van der Waals surface area contributed by atoms with Crippen molar-refractivity contribution in [2.75, 3.05) is 26.3 Å². The predicted molar refractivity (Wildman–Crippen MR) is 49.8 cm³/mol. The summed E-state index contributed by atoms with van der Waals surface area (Å²) in [5, 5.41) is 7.73. The lowest BCUT2D eigenvalue weighted by Crippen LogP contribution is -2.28. The van der Waals surface area contributed by atoms with Gasteiger partial charge in [0.15, 0.2) is 0 Å². The van der Waals surface area contributed by atoms with Gasteiger partial charge in [-0.15, -0.1) is 0 Å². The summed E-state index contributed by atoms with van der Waals surface area (Å²) < 4.78 is 5.36. The molecule has 1 N–H and O–H groups in total. The van der Waals surface area contributed by atoms with Crippen LogP contribution in [0.3, 0.4) is 0 Å². The summed E-state index contributed by atoms with van der Waals surface area (Å²) in [4.78, 5) is 2.27. The summed E-state index contributed by atoms with van der Waals surface area (Å²) in [6.45, 7) is 4.22. The van der Waals surface area contributed by atoms with Crippen molar-refractivity contribution in [1.29, 1.82) is 5.41 Å².